The monoisotopic (exact) mass is 266 g/mol. The maximum Gasteiger partial charge on any atom is 0.228 e. The average molecular weight is 266 g/mol. The molecule has 0 aromatic carbocycles. The first kappa shape index (κ1) is 14.0. The number of hydrogen-bond acceptors (Lipinski definition) is 6. The zero-order valence-corrected chi connectivity index (χ0v) is 11.6. The summed E-state index contributed by atoms with van der Waals surface area (Å²) >= 11 is 0. The predicted molar refractivity (Wildman–Crippen MR) is 73.7 cm³/mol. The van der Waals surface area contributed by atoms with Crippen molar-refractivity contribution in [1.29, 1.82) is 0 Å². The number of aromatic nitrogens is 2. The predicted octanol–water partition coefficient (Wildman–Crippen LogP) is 0.690. The molecule has 2 heterocycles. The highest BCUT2D eigenvalue weighted by molar-refractivity contribution is 5.35. The van der Waals surface area contributed by atoms with Gasteiger partial charge in [0.05, 0.1) is 13.7 Å². The molecule has 1 unspecified atom stereocenters. The number of nitrogens with one attached hydrogen (secondary N) is 1. The first-order chi connectivity index (χ1) is 9.35. The molecule has 0 aliphatic carbocycles. The van der Waals surface area contributed by atoms with Crippen molar-refractivity contribution >= 4 is 5.95 Å². The van der Waals surface area contributed by atoms with Crippen LogP contribution in [0.25, 0.3) is 0 Å². The summed E-state index contributed by atoms with van der Waals surface area (Å²) in [7, 11) is 3.34. The molecule has 1 aromatic heterocycles. The second-order valence-electron chi connectivity index (χ2n) is 4.59. The van der Waals surface area contributed by atoms with Gasteiger partial charge in [0.15, 0.2) is 0 Å². The van der Waals surface area contributed by atoms with Crippen LogP contribution in [0.1, 0.15) is 12.8 Å². The molecule has 6 nitrogen and oxygen atoms in total. The quantitative estimate of drug-likeness (QED) is 0.733. The standard InChI is InChI=1S/C13H22N4O2/c1-18-9-7-14-10-11-4-3-8-17(11)13-15-6-5-12(16-13)19-2/h5-6,11,14H,3-4,7-10H2,1-2H3. The van der Waals surface area contributed by atoms with Gasteiger partial charge in [0.2, 0.25) is 11.8 Å². The first-order valence-electron chi connectivity index (χ1n) is 6.68. The normalized spacial score (nSPS) is 18.8. The van der Waals surface area contributed by atoms with Crippen molar-refractivity contribution in [1.82, 2.24) is 15.3 Å². The third-order valence-electron chi connectivity index (χ3n) is 3.32. The fourth-order valence-electron chi connectivity index (χ4n) is 2.34. The molecule has 0 amide bonds. The minimum Gasteiger partial charge on any atom is -0.481 e. The van der Waals surface area contributed by atoms with E-state index in [-0.39, 0.29) is 0 Å². The minimum absolute atomic E-state index is 0.448. The molecule has 1 fully saturated rings. The molecule has 1 aliphatic heterocycles. The van der Waals surface area contributed by atoms with Crippen LogP contribution in [-0.2, 0) is 4.74 Å². The molecule has 1 aliphatic rings. The van der Waals surface area contributed by atoms with Crippen molar-refractivity contribution in [3.8, 4) is 5.88 Å². The van der Waals surface area contributed by atoms with Gasteiger partial charge in [-0.1, -0.05) is 0 Å². The lowest BCUT2D eigenvalue weighted by molar-refractivity contribution is 0.199. The summed E-state index contributed by atoms with van der Waals surface area (Å²) in [5, 5.41) is 3.40. The number of methoxy groups -OCH3 is 2. The second kappa shape index (κ2) is 7.25. The molecule has 0 radical (unpaired) electrons. The maximum atomic E-state index is 5.15. The number of nitrogens with zero attached hydrogens (tertiary/aromatic N) is 3. The molecule has 19 heavy (non-hydrogen) atoms. The Bertz CT molecular complexity index is 389. The lowest BCUT2D eigenvalue weighted by atomic mass is 10.2. The Morgan fingerprint density at radius 3 is 3.16 bits per heavy atom. The summed E-state index contributed by atoms with van der Waals surface area (Å²) in [5.41, 5.74) is 0. The van der Waals surface area contributed by atoms with Crippen LogP contribution in [0, 0.1) is 0 Å². The van der Waals surface area contributed by atoms with Gasteiger partial charge in [-0.3, -0.25) is 0 Å². The maximum absolute atomic E-state index is 5.15. The van der Waals surface area contributed by atoms with Gasteiger partial charge in [-0.05, 0) is 12.8 Å². The lowest BCUT2D eigenvalue weighted by Crippen LogP contribution is -2.39. The molecule has 106 valence electrons. The Morgan fingerprint density at radius 1 is 1.47 bits per heavy atom. The van der Waals surface area contributed by atoms with E-state index in [1.165, 1.54) is 12.8 Å². The van der Waals surface area contributed by atoms with Crippen LogP contribution in [0.5, 0.6) is 5.88 Å². The highest BCUT2D eigenvalue weighted by Crippen LogP contribution is 2.22. The minimum atomic E-state index is 0.448. The topological polar surface area (TPSA) is 59.5 Å². The van der Waals surface area contributed by atoms with Gasteiger partial charge in [0.25, 0.3) is 0 Å². The van der Waals surface area contributed by atoms with E-state index in [1.807, 2.05) is 0 Å². The summed E-state index contributed by atoms with van der Waals surface area (Å²) in [6.07, 6.45) is 4.09. The smallest absolute Gasteiger partial charge is 0.228 e. The van der Waals surface area contributed by atoms with Crippen molar-refractivity contribution in [3.63, 3.8) is 0 Å². The summed E-state index contributed by atoms with van der Waals surface area (Å²) < 4.78 is 10.2. The molecule has 1 N–H and O–H groups in total. The molecule has 1 atom stereocenters. The van der Waals surface area contributed by atoms with Crippen LogP contribution < -0.4 is 15.0 Å². The molecule has 0 bridgehead atoms. The third kappa shape index (κ3) is 3.78. The van der Waals surface area contributed by atoms with Gasteiger partial charge < -0.3 is 19.7 Å². The summed E-state index contributed by atoms with van der Waals surface area (Å²) in [4.78, 5) is 11.0. The number of ether oxygens (including phenoxy) is 2. The van der Waals surface area contributed by atoms with E-state index >= 15 is 0 Å². The van der Waals surface area contributed by atoms with E-state index in [4.69, 9.17) is 9.47 Å². The Hall–Kier alpha value is -1.40. The number of rotatable bonds is 7. The molecular formula is C13H22N4O2. The number of hydrogen-bond donors (Lipinski definition) is 1. The van der Waals surface area contributed by atoms with E-state index in [2.05, 4.69) is 20.2 Å². The van der Waals surface area contributed by atoms with Crippen molar-refractivity contribution in [2.75, 3.05) is 45.4 Å². The highest BCUT2D eigenvalue weighted by atomic mass is 16.5. The first-order valence-corrected chi connectivity index (χ1v) is 6.68. The average Bonchev–Trinajstić information content (AvgIpc) is 2.92. The van der Waals surface area contributed by atoms with Crippen LogP contribution in [0.2, 0.25) is 0 Å². The van der Waals surface area contributed by atoms with Crippen LogP contribution in [0.15, 0.2) is 12.3 Å². The van der Waals surface area contributed by atoms with Crippen molar-refractivity contribution < 1.29 is 9.47 Å². The molecule has 0 saturated carbocycles. The molecule has 2 rings (SSSR count). The van der Waals surface area contributed by atoms with Gasteiger partial charge in [-0.15, -0.1) is 0 Å². The van der Waals surface area contributed by atoms with E-state index < -0.39 is 0 Å². The Labute approximate surface area is 114 Å². The Kier molecular flexibility index (Phi) is 5.35. The van der Waals surface area contributed by atoms with Crippen molar-refractivity contribution in [3.05, 3.63) is 12.3 Å². The van der Waals surface area contributed by atoms with E-state index in [9.17, 15) is 0 Å². The Morgan fingerprint density at radius 2 is 2.37 bits per heavy atom. The molecule has 1 aromatic rings. The summed E-state index contributed by atoms with van der Waals surface area (Å²) in [6.45, 7) is 3.55. The van der Waals surface area contributed by atoms with Gasteiger partial charge >= 0.3 is 0 Å². The zero-order valence-electron chi connectivity index (χ0n) is 11.6. The SMILES string of the molecule is COCCNCC1CCCN1c1nccc(OC)n1. The molecule has 1 saturated heterocycles. The summed E-state index contributed by atoms with van der Waals surface area (Å²) in [6, 6.07) is 2.22. The molecular weight excluding hydrogens is 244 g/mol. The van der Waals surface area contributed by atoms with Gasteiger partial charge in [0.1, 0.15) is 0 Å². The zero-order chi connectivity index (χ0) is 13.5. The van der Waals surface area contributed by atoms with Crippen LogP contribution >= 0.6 is 0 Å². The van der Waals surface area contributed by atoms with Crippen molar-refractivity contribution in [2.24, 2.45) is 0 Å². The molecule has 0 spiro atoms. The van der Waals surface area contributed by atoms with Crippen molar-refractivity contribution in [2.45, 2.75) is 18.9 Å². The van der Waals surface area contributed by atoms with Gasteiger partial charge in [0, 0.05) is 45.0 Å². The van der Waals surface area contributed by atoms with Crippen LogP contribution in [0.3, 0.4) is 0 Å². The largest absolute Gasteiger partial charge is 0.481 e. The van der Waals surface area contributed by atoms with Crippen LogP contribution in [0.4, 0.5) is 5.95 Å². The Balaban J connectivity index is 1.93. The fraction of sp³-hybridized carbons (Fsp3) is 0.692. The summed E-state index contributed by atoms with van der Waals surface area (Å²) in [5.74, 6) is 1.37. The highest BCUT2D eigenvalue weighted by Gasteiger charge is 2.26. The number of anilines is 1. The van der Waals surface area contributed by atoms with Gasteiger partial charge in [-0.25, -0.2) is 4.98 Å². The molecule has 6 heteroatoms. The third-order valence-corrected chi connectivity index (χ3v) is 3.32. The second-order valence-corrected chi connectivity index (χ2v) is 4.59. The van der Waals surface area contributed by atoms with E-state index in [1.54, 1.807) is 26.5 Å². The lowest BCUT2D eigenvalue weighted by Gasteiger charge is -2.25. The fourth-order valence-corrected chi connectivity index (χ4v) is 2.34. The van der Waals surface area contributed by atoms with Crippen LogP contribution in [-0.4, -0.2) is 56.5 Å². The van der Waals surface area contributed by atoms with Gasteiger partial charge in [-0.2, -0.15) is 4.98 Å². The van der Waals surface area contributed by atoms with E-state index in [0.29, 0.717) is 11.9 Å². The van der Waals surface area contributed by atoms with E-state index in [0.717, 1.165) is 32.2 Å².